The van der Waals surface area contributed by atoms with E-state index in [-0.39, 0.29) is 5.57 Å². The molecule has 0 bridgehead atoms. The zero-order valence-corrected chi connectivity index (χ0v) is 8.65. The van der Waals surface area contributed by atoms with E-state index in [1.54, 1.807) is 12.1 Å². The molecule has 3 nitrogen and oxygen atoms in total. The number of hydrogen-bond donors (Lipinski definition) is 1. The summed E-state index contributed by atoms with van der Waals surface area (Å²) in [6, 6.07) is 7.29. The summed E-state index contributed by atoms with van der Waals surface area (Å²) in [6.45, 7) is 3.19. The van der Waals surface area contributed by atoms with E-state index in [0.29, 0.717) is 5.56 Å². The Labute approximate surface area is 88.0 Å². The average Bonchev–Trinajstić information content (AvgIpc) is 2.15. The highest BCUT2D eigenvalue weighted by Gasteiger charge is 2.11. The van der Waals surface area contributed by atoms with Gasteiger partial charge in [0, 0.05) is 0 Å². The summed E-state index contributed by atoms with van der Waals surface area (Å²) in [4.78, 5) is 21.7. The Morgan fingerprint density at radius 3 is 2.13 bits per heavy atom. The first-order valence-electron chi connectivity index (χ1n) is 4.53. The molecular weight excluding hydrogens is 192 g/mol. The predicted molar refractivity (Wildman–Crippen MR) is 57.5 cm³/mol. The van der Waals surface area contributed by atoms with Crippen molar-refractivity contribution in [2.75, 3.05) is 0 Å². The van der Waals surface area contributed by atoms with Crippen LogP contribution in [0.2, 0.25) is 0 Å². The van der Waals surface area contributed by atoms with Crippen molar-refractivity contribution in [3.63, 3.8) is 0 Å². The first-order chi connectivity index (χ1) is 7.00. The van der Waals surface area contributed by atoms with Crippen LogP contribution in [-0.4, -0.2) is 16.9 Å². The van der Waals surface area contributed by atoms with Gasteiger partial charge in [0.25, 0.3) is 0 Å². The molecule has 0 saturated heterocycles. The average molecular weight is 204 g/mol. The lowest BCUT2D eigenvalue weighted by molar-refractivity contribution is -0.134. The van der Waals surface area contributed by atoms with Crippen LogP contribution < -0.4 is 0 Å². The van der Waals surface area contributed by atoms with Gasteiger partial charge in [-0.3, -0.25) is 4.79 Å². The molecule has 0 aliphatic carbocycles. The monoisotopic (exact) mass is 204 g/mol. The highest BCUT2D eigenvalue weighted by atomic mass is 16.4. The SMILES string of the molecule is CC(=O)/C(=C/c1ccc(C)cc1)C(=O)O. The molecule has 0 heterocycles. The van der Waals surface area contributed by atoms with Crippen LogP contribution in [0, 0.1) is 6.92 Å². The van der Waals surface area contributed by atoms with Crippen LogP contribution >= 0.6 is 0 Å². The first kappa shape index (κ1) is 11.2. The zero-order chi connectivity index (χ0) is 11.4. The predicted octanol–water partition coefficient (Wildman–Crippen LogP) is 2.05. The van der Waals surface area contributed by atoms with E-state index in [9.17, 15) is 9.59 Å². The molecule has 0 atom stereocenters. The number of hydrogen-bond acceptors (Lipinski definition) is 2. The van der Waals surface area contributed by atoms with Gasteiger partial charge < -0.3 is 5.11 Å². The quantitative estimate of drug-likeness (QED) is 0.465. The Morgan fingerprint density at radius 2 is 1.73 bits per heavy atom. The van der Waals surface area contributed by atoms with Gasteiger partial charge in [0.15, 0.2) is 5.78 Å². The topological polar surface area (TPSA) is 54.4 Å². The number of carbonyl (C=O) groups is 2. The summed E-state index contributed by atoms with van der Waals surface area (Å²) in [5, 5.41) is 8.77. The number of carboxylic acids is 1. The minimum absolute atomic E-state index is 0.196. The van der Waals surface area contributed by atoms with Gasteiger partial charge in [0.2, 0.25) is 0 Å². The van der Waals surface area contributed by atoms with Crippen molar-refractivity contribution in [1.29, 1.82) is 0 Å². The third-order valence-electron chi connectivity index (χ3n) is 2.00. The van der Waals surface area contributed by atoms with Crippen molar-refractivity contribution in [2.24, 2.45) is 0 Å². The maximum absolute atomic E-state index is 11.0. The highest BCUT2D eigenvalue weighted by Crippen LogP contribution is 2.09. The minimum Gasteiger partial charge on any atom is -0.478 e. The molecule has 1 rings (SSSR count). The lowest BCUT2D eigenvalue weighted by Crippen LogP contribution is -2.08. The van der Waals surface area contributed by atoms with Crippen LogP contribution in [0.1, 0.15) is 18.1 Å². The molecule has 0 radical (unpaired) electrons. The molecule has 1 aromatic rings. The molecule has 3 heteroatoms. The van der Waals surface area contributed by atoms with Gasteiger partial charge in [0.1, 0.15) is 5.57 Å². The normalized spacial score (nSPS) is 11.2. The summed E-state index contributed by atoms with van der Waals surface area (Å²) in [6.07, 6.45) is 1.38. The molecule has 0 spiro atoms. The zero-order valence-electron chi connectivity index (χ0n) is 8.65. The van der Waals surface area contributed by atoms with Crippen molar-refractivity contribution in [3.05, 3.63) is 41.0 Å². The molecule has 0 aromatic heterocycles. The molecule has 0 unspecified atom stereocenters. The third-order valence-corrected chi connectivity index (χ3v) is 2.00. The van der Waals surface area contributed by atoms with Crippen molar-refractivity contribution >= 4 is 17.8 Å². The second-order valence-corrected chi connectivity index (χ2v) is 3.33. The number of rotatable bonds is 3. The van der Waals surface area contributed by atoms with Crippen LogP contribution in [-0.2, 0) is 9.59 Å². The summed E-state index contributed by atoms with van der Waals surface area (Å²) < 4.78 is 0. The Kier molecular flexibility index (Phi) is 3.39. The number of benzene rings is 1. The maximum Gasteiger partial charge on any atom is 0.339 e. The molecular formula is C12H12O3. The van der Waals surface area contributed by atoms with Crippen LogP contribution in [0.15, 0.2) is 29.8 Å². The lowest BCUT2D eigenvalue weighted by atomic mass is 10.1. The third kappa shape index (κ3) is 3.06. The van der Waals surface area contributed by atoms with E-state index >= 15 is 0 Å². The molecule has 78 valence electrons. The van der Waals surface area contributed by atoms with Gasteiger partial charge >= 0.3 is 5.97 Å². The van der Waals surface area contributed by atoms with Crippen LogP contribution in [0.4, 0.5) is 0 Å². The number of Topliss-reactive ketones (excluding diaryl/α,β-unsaturated/α-hetero) is 1. The maximum atomic E-state index is 11.0. The molecule has 1 N–H and O–H groups in total. The molecule has 0 amide bonds. The van der Waals surface area contributed by atoms with Crippen molar-refractivity contribution in [1.82, 2.24) is 0 Å². The van der Waals surface area contributed by atoms with E-state index < -0.39 is 11.8 Å². The van der Waals surface area contributed by atoms with E-state index in [0.717, 1.165) is 5.56 Å². The van der Waals surface area contributed by atoms with Gasteiger partial charge in [-0.2, -0.15) is 0 Å². The summed E-state index contributed by atoms with van der Waals surface area (Å²) in [5.74, 6) is -1.63. The number of ketones is 1. The molecule has 0 saturated carbocycles. The van der Waals surface area contributed by atoms with Crippen molar-refractivity contribution < 1.29 is 14.7 Å². The molecule has 15 heavy (non-hydrogen) atoms. The number of aliphatic carboxylic acids is 1. The Morgan fingerprint density at radius 1 is 1.20 bits per heavy atom. The summed E-state index contributed by atoms with van der Waals surface area (Å²) >= 11 is 0. The fourth-order valence-electron chi connectivity index (χ4n) is 1.14. The summed E-state index contributed by atoms with van der Waals surface area (Å²) in [5.41, 5.74) is 1.61. The molecule has 0 fully saturated rings. The molecule has 0 aliphatic rings. The van der Waals surface area contributed by atoms with Gasteiger partial charge in [-0.15, -0.1) is 0 Å². The highest BCUT2D eigenvalue weighted by molar-refractivity contribution is 6.19. The minimum atomic E-state index is -1.19. The Hall–Kier alpha value is -1.90. The largest absolute Gasteiger partial charge is 0.478 e. The second kappa shape index (κ2) is 4.55. The van der Waals surface area contributed by atoms with E-state index in [2.05, 4.69) is 0 Å². The van der Waals surface area contributed by atoms with Crippen LogP contribution in [0.5, 0.6) is 0 Å². The van der Waals surface area contributed by atoms with Crippen LogP contribution in [0.3, 0.4) is 0 Å². The Balaban J connectivity index is 3.08. The van der Waals surface area contributed by atoms with Crippen molar-refractivity contribution in [2.45, 2.75) is 13.8 Å². The summed E-state index contributed by atoms with van der Waals surface area (Å²) in [7, 11) is 0. The fraction of sp³-hybridized carbons (Fsp3) is 0.167. The van der Waals surface area contributed by atoms with Crippen molar-refractivity contribution in [3.8, 4) is 0 Å². The lowest BCUT2D eigenvalue weighted by Gasteiger charge is -1.98. The van der Waals surface area contributed by atoms with E-state index in [4.69, 9.17) is 5.11 Å². The standard InChI is InChI=1S/C12H12O3/c1-8-3-5-10(6-4-8)7-11(9(2)13)12(14)15/h3-7H,1-2H3,(H,14,15)/b11-7-. The van der Waals surface area contributed by atoms with Gasteiger partial charge in [0.05, 0.1) is 0 Å². The first-order valence-corrected chi connectivity index (χ1v) is 4.53. The Bertz CT molecular complexity index is 397. The fourth-order valence-corrected chi connectivity index (χ4v) is 1.14. The smallest absolute Gasteiger partial charge is 0.339 e. The van der Waals surface area contributed by atoms with E-state index in [1.165, 1.54) is 13.0 Å². The molecule has 0 aliphatic heterocycles. The molecule has 1 aromatic carbocycles. The van der Waals surface area contributed by atoms with E-state index in [1.807, 2.05) is 19.1 Å². The van der Waals surface area contributed by atoms with Crippen LogP contribution in [0.25, 0.3) is 6.08 Å². The van der Waals surface area contributed by atoms with Gasteiger partial charge in [-0.05, 0) is 25.5 Å². The number of carboxylic acid groups (broad SMARTS) is 1. The van der Waals surface area contributed by atoms with Gasteiger partial charge in [-0.1, -0.05) is 29.8 Å². The number of carbonyl (C=O) groups excluding carboxylic acids is 1. The van der Waals surface area contributed by atoms with Gasteiger partial charge in [-0.25, -0.2) is 4.79 Å². The number of aryl methyl sites for hydroxylation is 1. The second-order valence-electron chi connectivity index (χ2n) is 3.33.